The Morgan fingerprint density at radius 1 is 1.17 bits per heavy atom. The van der Waals surface area contributed by atoms with E-state index in [9.17, 15) is 0 Å². The number of nitrogens with zero attached hydrogens (tertiary/aromatic N) is 1. The van der Waals surface area contributed by atoms with Crippen molar-refractivity contribution in [2.24, 2.45) is 5.92 Å². The Hall–Kier alpha value is -1.09. The van der Waals surface area contributed by atoms with E-state index in [4.69, 9.17) is 4.74 Å². The molecule has 0 radical (unpaired) electrons. The Balaban J connectivity index is 1.58. The maximum atomic E-state index is 5.87. The minimum atomic E-state index is 0.732. The first-order chi connectivity index (χ1) is 8.93. The predicted octanol–water partition coefficient (Wildman–Crippen LogP) is 1.31. The van der Waals surface area contributed by atoms with Gasteiger partial charge in [0.25, 0.3) is 0 Å². The molecule has 1 aromatic rings. The minimum Gasteiger partial charge on any atom is -0.477 e. The topological polar surface area (TPSA) is 26.6 Å². The molecule has 3 heteroatoms. The summed E-state index contributed by atoms with van der Waals surface area (Å²) in [5.74, 6) is 1.51. The highest BCUT2D eigenvalue weighted by atomic mass is 16.5. The number of hydrogen-bond acceptors (Lipinski definition) is 2. The fraction of sp³-hybridized carbons (Fsp3) is 0.667. The second-order valence-electron chi connectivity index (χ2n) is 5.64. The number of ether oxygens (including phenoxy) is 1. The SMILES string of the molecule is c1ccc(OC[C@H]2CCC[NH+]3CCCC[C@@H]23)nc1. The van der Waals surface area contributed by atoms with E-state index in [0.29, 0.717) is 0 Å². The third-order valence-electron chi connectivity index (χ3n) is 4.51. The van der Waals surface area contributed by atoms with Gasteiger partial charge in [0.05, 0.1) is 25.7 Å². The van der Waals surface area contributed by atoms with Gasteiger partial charge in [-0.05, 0) is 38.2 Å². The van der Waals surface area contributed by atoms with Crippen LogP contribution in [0.25, 0.3) is 0 Å². The monoisotopic (exact) mass is 247 g/mol. The lowest BCUT2D eigenvalue weighted by molar-refractivity contribution is -0.940. The van der Waals surface area contributed by atoms with Crippen molar-refractivity contribution in [2.75, 3.05) is 19.7 Å². The van der Waals surface area contributed by atoms with Crippen molar-refractivity contribution in [2.45, 2.75) is 38.1 Å². The number of rotatable bonds is 3. The molecule has 1 unspecified atom stereocenters. The molecule has 0 spiro atoms. The van der Waals surface area contributed by atoms with Crippen LogP contribution >= 0.6 is 0 Å². The van der Waals surface area contributed by atoms with Gasteiger partial charge in [-0.25, -0.2) is 4.98 Å². The van der Waals surface area contributed by atoms with Gasteiger partial charge in [-0.2, -0.15) is 0 Å². The normalized spacial score (nSPS) is 31.7. The first kappa shape index (κ1) is 12.0. The van der Waals surface area contributed by atoms with Gasteiger partial charge in [-0.1, -0.05) is 6.07 Å². The maximum Gasteiger partial charge on any atom is 0.213 e. The van der Waals surface area contributed by atoms with Gasteiger partial charge in [0.15, 0.2) is 0 Å². The van der Waals surface area contributed by atoms with E-state index in [1.54, 1.807) is 6.20 Å². The van der Waals surface area contributed by atoms with Gasteiger partial charge < -0.3 is 9.64 Å². The van der Waals surface area contributed by atoms with E-state index < -0.39 is 0 Å². The Labute approximate surface area is 109 Å². The largest absolute Gasteiger partial charge is 0.477 e. The van der Waals surface area contributed by atoms with Crippen molar-refractivity contribution < 1.29 is 9.64 Å². The molecule has 3 atom stereocenters. The summed E-state index contributed by atoms with van der Waals surface area (Å²) in [5.41, 5.74) is 0. The van der Waals surface area contributed by atoms with Crippen molar-refractivity contribution in [1.29, 1.82) is 0 Å². The number of aromatic nitrogens is 1. The number of pyridine rings is 1. The highest BCUT2D eigenvalue weighted by Crippen LogP contribution is 2.21. The lowest BCUT2D eigenvalue weighted by Crippen LogP contribution is -3.18. The molecule has 0 bridgehead atoms. The molecule has 3 heterocycles. The van der Waals surface area contributed by atoms with Crippen LogP contribution in [0.4, 0.5) is 0 Å². The van der Waals surface area contributed by atoms with Gasteiger partial charge in [0.1, 0.15) is 0 Å². The van der Waals surface area contributed by atoms with Crippen LogP contribution in [0.2, 0.25) is 0 Å². The van der Waals surface area contributed by atoms with Crippen molar-refractivity contribution in [3.63, 3.8) is 0 Å². The Morgan fingerprint density at radius 3 is 3.00 bits per heavy atom. The van der Waals surface area contributed by atoms with Crippen molar-refractivity contribution in [3.05, 3.63) is 24.4 Å². The maximum absolute atomic E-state index is 5.87. The third-order valence-corrected chi connectivity index (χ3v) is 4.51. The lowest BCUT2D eigenvalue weighted by Gasteiger charge is -2.41. The average Bonchev–Trinajstić information content (AvgIpc) is 2.46. The summed E-state index contributed by atoms with van der Waals surface area (Å²) < 4.78 is 5.87. The molecule has 3 rings (SSSR count). The first-order valence-electron chi connectivity index (χ1n) is 7.32. The summed E-state index contributed by atoms with van der Waals surface area (Å²) in [6, 6.07) is 6.71. The zero-order chi connectivity index (χ0) is 12.2. The second kappa shape index (κ2) is 5.70. The van der Waals surface area contributed by atoms with E-state index >= 15 is 0 Å². The minimum absolute atomic E-state index is 0.732. The van der Waals surface area contributed by atoms with Crippen LogP contribution in [-0.2, 0) is 0 Å². The molecule has 2 aliphatic heterocycles. The Bertz CT molecular complexity index is 366. The van der Waals surface area contributed by atoms with Gasteiger partial charge >= 0.3 is 0 Å². The van der Waals surface area contributed by atoms with Crippen LogP contribution in [0, 0.1) is 5.92 Å². The van der Waals surface area contributed by atoms with E-state index in [1.165, 1.54) is 45.2 Å². The molecule has 0 aliphatic carbocycles. The molecular formula is C15H23N2O+. The summed E-state index contributed by atoms with van der Waals surface area (Å²) in [6.45, 7) is 3.61. The molecule has 98 valence electrons. The predicted molar refractivity (Wildman–Crippen MR) is 70.8 cm³/mol. The highest BCUT2D eigenvalue weighted by Gasteiger charge is 2.36. The van der Waals surface area contributed by atoms with Crippen LogP contribution in [0.1, 0.15) is 32.1 Å². The third kappa shape index (κ3) is 2.66. The molecule has 2 aliphatic rings. The van der Waals surface area contributed by atoms with Gasteiger partial charge in [-0.3, -0.25) is 0 Å². The molecule has 1 aromatic heterocycles. The van der Waals surface area contributed by atoms with Gasteiger partial charge in [-0.15, -0.1) is 0 Å². The van der Waals surface area contributed by atoms with Crippen LogP contribution in [0.15, 0.2) is 24.4 Å². The number of piperidine rings is 2. The van der Waals surface area contributed by atoms with E-state index in [-0.39, 0.29) is 0 Å². The summed E-state index contributed by atoms with van der Waals surface area (Å²) in [6.07, 6.45) is 8.72. The van der Waals surface area contributed by atoms with Crippen molar-refractivity contribution in [1.82, 2.24) is 4.98 Å². The smallest absolute Gasteiger partial charge is 0.213 e. The number of fused-ring (bicyclic) bond motifs is 1. The fourth-order valence-corrected chi connectivity index (χ4v) is 3.60. The summed E-state index contributed by atoms with van der Waals surface area (Å²) in [7, 11) is 0. The molecule has 3 nitrogen and oxygen atoms in total. The fourth-order valence-electron chi connectivity index (χ4n) is 3.60. The molecule has 2 fully saturated rings. The van der Waals surface area contributed by atoms with Crippen LogP contribution in [0.5, 0.6) is 5.88 Å². The molecular weight excluding hydrogens is 224 g/mol. The summed E-state index contributed by atoms with van der Waals surface area (Å²) >= 11 is 0. The zero-order valence-corrected chi connectivity index (χ0v) is 11.0. The van der Waals surface area contributed by atoms with Gasteiger partial charge in [0.2, 0.25) is 5.88 Å². The van der Waals surface area contributed by atoms with E-state index in [0.717, 1.165) is 24.4 Å². The molecule has 0 aromatic carbocycles. The standard InChI is InChI=1S/C15H22N2O/c1-3-9-16-15(8-1)18-12-13-6-5-11-17-10-4-2-7-14(13)17/h1,3,8-9,13-14H,2,4-7,10-12H2/p+1/t13-,14+/m1/s1. The van der Waals surface area contributed by atoms with Gasteiger partial charge in [0, 0.05) is 18.2 Å². The van der Waals surface area contributed by atoms with Crippen LogP contribution in [0.3, 0.4) is 0 Å². The van der Waals surface area contributed by atoms with Crippen LogP contribution < -0.4 is 9.64 Å². The Morgan fingerprint density at radius 2 is 2.11 bits per heavy atom. The molecule has 2 saturated heterocycles. The van der Waals surface area contributed by atoms with E-state index in [2.05, 4.69) is 4.98 Å². The van der Waals surface area contributed by atoms with E-state index in [1.807, 2.05) is 23.1 Å². The quantitative estimate of drug-likeness (QED) is 0.871. The molecule has 1 N–H and O–H groups in total. The number of hydrogen-bond donors (Lipinski definition) is 1. The number of nitrogens with one attached hydrogen (secondary N) is 1. The Kier molecular flexibility index (Phi) is 3.79. The molecule has 18 heavy (non-hydrogen) atoms. The van der Waals surface area contributed by atoms with Crippen molar-refractivity contribution in [3.8, 4) is 5.88 Å². The molecule has 0 amide bonds. The van der Waals surface area contributed by atoms with Crippen LogP contribution in [-0.4, -0.2) is 30.7 Å². The summed E-state index contributed by atoms with van der Waals surface area (Å²) in [4.78, 5) is 6.07. The zero-order valence-electron chi connectivity index (χ0n) is 11.0. The van der Waals surface area contributed by atoms with Crippen molar-refractivity contribution >= 4 is 0 Å². The average molecular weight is 247 g/mol. The second-order valence-corrected chi connectivity index (χ2v) is 5.64. The first-order valence-corrected chi connectivity index (χ1v) is 7.32. The molecule has 0 saturated carbocycles. The highest BCUT2D eigenvalue weighted by molar-refractivity contribution is 5.09. The lowest BCUT2D eigenvalue weighted by atomic mass is 9.84. The number of quaternary nitrogens is 1. The summed E-state index contributed by atoms with van der Waals surface area (Å²) in [5, 5.41) is 0.